The molecule has 3 N–H and O–H groups in total. The molecule has 1 aromatic carbocycles. The number of amides is 1. The number of likely N-dealkylation sites (tertiary alicyclic amines) is 1. The van der Waals surface area contributed by atoms with Crippen molar-refractivity contribution in [1.82, 2.24) is 20.9 Å². The summed E-state index contributed by atoms with van der Waals surface area (Å²) in [7, 11) is 0. The van der Waals surface area contributed by atoms with Crippen LogP contribution in [0, 0.1) is 5.41 Å². The number of rotatable bonds is 8. The van der Waals surface area contributed by atoms with Crippen molar-refractivity contribution in [2.24, 2.45) is 10.4 Å². The van der Waals surface area contributed by atoms with Crippen LogP contribution in [0.15, 0.2) is 29.3 Å². The van der Waals surface area contributed by atoms with Gasteiger partial charge in [-0.1, -0.05) is 51.5 Å². The molecule has 29 heavy (non-hydrogen) atoms. The lowest BCUT2D eigenvalue weighted by Gasteiger charge is -2.26. The first-order chi connectivity index (χ1) is 13.9. The van der Waals surface area contributed by atoms with E-state index in [0.717, 1.165) is 19.0 Å². The molecule has 6 heteroatoms. The van der Waals surface area contributed by atoms with Crippen LogP contribution < -0.4 is 16.0 Å². The van der Waals surface area contributed by atoms with Gasteiger partial charge in [0.2, 0.25) is 5.91 Å². The van der Waals surface area contributed by atoms with E-state index in [1.807, 2.05) is 27.7 Å². The number of aliphatic imine (C=N–C) groups is 1. The molecule has 0 bridgehead atoms. The smallest absolute Gasteiger partial charge is 0.225 e. The maximum atomic E-state index is 11.9. The van der Waals surface area contributed by atoms with E-state index in [2.05, 4.69) is 50.1 Å². The Morgan fingerprint density at radius 3 is 2.21 bits per heavy atom. The Kier molecular flexibility index (Phi) is 9.45. The Morgan fingerprint density at radius 1 is 0.966 bits per heavy atom. The number of carbonyl (C=O) groups excluding carboxylic acids is 1. The third-order valence-corrected chi connectivity index (χ3v) is 5.03. The molecular formula is C23H39N5O. The number of piperidine rings is 1. The Morgan fingerprint density at radius 2 is 1.59 bits per heavy atom. The molecule has 0 radical (unpaired) electrons. The van der Waals surface area contributed by atoms with E-state index in [-0.39, 0.29) is 11.3 Å². The highest BCUT2D eigenvalue weighted by molar-refractivity contribution is 5.81. The van der Waals surface area contributed by atoms with Crippen LogP contribution in [0.4, 0.5) is 0 Å². The highest BCUT2D eigenvalue weighted by Gasteiger charge is 2.20. The van der Waals surface area contributed by atoms with Gasteiger partial charge in [0.25, 0.3) is 0 Å². The first-order valence-electron chi connectivity index (χ1n) is 11.0. The van der Waals surface area contributed by atoms with Crippen molar-refractivity contribution < 1.29 is 4.79 Å². The normalized spacial score (nSPS) is 15.8. The molecule has 1 amide bonds. The highest BCUT2D eigenvalue weighted by Crippen LogP contribution is 2.14. The minimum Gasteiger partial charge on any atom is -0.357 e. The summed E-state index contributed by atoms with van der Waals surface area (Å²) in [6, 6.07) is 8.80. The Balaban J connectivity index is 1.78. The van der Waals surface area contributed by atoms with Crippen molar-refractivity contribution in [2.45, 2.75) is 60.0 Å². The summed E-state index contributed by atoms with van der Waals surface area (Å²) in [5, 5.41) is 9.48. The summed E-state index contributed by atoms with van der Waals surface area (Å²) in [4.78, 5) is 19.1. The zero-order valence-corrected chi connectivity index (χ0v) is 18.7. The van der Waals surface area contributed by atoms with Gasteiger partial charge < -0.3 is 16.0 Å². The van der Waals surface area contributed by atoms with Gasteiger partial charge in [0.05, 0.1) is 6.54 Å². The van der Waals surface area contributed by atoms with Crippen LogP contribution in [0.5, 0.6) is 0 Å². The average Bonchev–Trinajstić information content (AvgIpc) is 2.70. The molecule has 2 rings (SSSR count). The van der Waals surface area contributed by atoms with E-state index in [4.69, 9.17) is 0 Å². The summed E-state index contributed by atoms with van der Waals surface area (Å²) >= 11 is 0. The second-order valence-electron chi connectivity index (χ2n) is 8.78. The monoisotopic (exact) mass is 401 g/mol. The fourth-order valence-corrected chi connectivity index (χ4v) is 3.26. The molecule has 162 valence electrons. The van der Waals surface area contributed by atoms with Gasteiger partial charge in [-0.05, 0) is 44.0 Å². The van der Waals surface area contributed by atoms with Crippen LogP contribution in [0.2, 0.25) is 0 Å². The van der Waals surface area contributed by atoms with E-state index in [1.165, 1.54) is 43.5 Å². The molecule has 0 spiro atoms. The number of carbonyl (C=O) groups is 1. The highest BCUT2D eigenvalue weighted by atomic mass is 16.2. The van der Waals surface area contributed by atoms with E-state index in [9.17, 15) is 4.79 Å². The standard InChI is InChI=1S/C23H39N5O/c1-5-24-22(26-14-13-25-21(29)23(2,3)4)27-17-19-9-11-20(12-10-19)18-28-15-7-6-8-16-28/h9-12H,5-8,13-18H2,1-4H3,(H,25,29)(H2,24,26,27). The van der Waals surface area contributed by atoms with Crippen LogP contribution in [-0.2, 0) is 17.9 Å². The van der Waals surface area contributed by atoms with Crippen molar-refractivity contribution in [1.29, 1.82) is 0 Å². The molecule has 1 aliphatic heterocycles. The van der Waals surface area contributed by atoms with Crippen molar-refractivity contribution in [3.05, 3.63) is 35.4 Å². The van der Waals surface area contributed by atoms with Gasteiger partial charge in [0.15, 0.2) is 5.96 Å². The fourth-order valence-electron chi connectivity index (χ4n) is 3.26. The van der Waals surface area contributed by atoms with Gasteiger partial charge in [0, 0.05) is 31.6 Å². The number of guanidine groups is 1. The van der Waals surface area contributed by atoms with Gasteiger partial charge in [-0.15, -0.1) is 0 Å². The minimum absolute atomic E-state index is 0.0610. The summed E-state index contributed by atoms with van der Waals surface area (Å²) in [5.74, 6) is 0.834. The summed E-state index contributed by atoms with van der Waals surface area (Å²) < 4.78 is 0. The largest absolute Gasteiger partial charge is 0.357 e. The Bertz CT molecular complexity index is 642. The average molecular weight is 402 g/mol. The molecule has 1 aromatic rings. The number of benzene rings is 1. The zero-order valence-electron chi connectivity index (χ0n) is 18.7. The topological polar surface area (TPSA) is 68.8 Å². The summed E-state index contributed by atoms with van der Waals surface area (Å²) in [6.07, 6.45) is 4.03. The molecule has 0 unspecified atom stereocenters. The molecule has 0 aliphatic carbocycles. The maximum Gasteiger partial charge on any atom is 0.225 e. The van der Waals surface area contributed by atoms with Crippen LogP contribution in [0.25, 0.3) is 0 Å². The quantitative estimate of drug-likeness (QED) is 0.356. The Labute approximate surface area is 176 Å². The van der Waals surface area contributed by atoms with Crippen molar-refractivity contribution in [3.63, 3.8) is 0 Å². The molecule has 6 nitrogen and oxygen atoms in total. The predicted octanol–water partition coefficient (Wildman–Crippen LogP) is 2.89. The predicted molar refractivity (Wildman–Crippen MR) is 121 cm³/mol. The van der Waals surface area contributed by atoms with Crippen LogP contribution in [0.1, 0.15) is 58.1 Å². The molecule has 1 fully saturated rings. The second kappa shape index (κ2) is 11.8. The number of hydrogen-bond acceptors (Lipinski definition) is 3. The SMILES string of the molecule is CCNC(=NCc1ccc(CN2CCCCC2)cc1)NCCNC(=O)C(C)(C)C. The first kappa shape index (κ1) is 23.2. The van der Waals surface area contributed by atoms with Crippen LogP contribution >= 0.6 is 0 Å². The lowest BCUT2D eigenvalue weighted by atomic mass is 9.96. The van der Waals surface area contributed by atoms with E-state index < -0.39 is 0 Å². The zero-order chi connectivity index (χ0) is 21.1. The summed E-state index contributed by atoms with van der Waals surface area (Å²) in [5.41, 5.74) is 2.21. The van der Waals surface area contributed by atoms with E-state index >= 15 is 0 Å². The molecule has 1 aliphatic rings. The third-order valence-electron chi connectivity index (χ3n) is 5.03. The minimum atomic E-state index is -0.362. The van der Waals surface area contributed by atoms with Gasteiger partial charge in [0.1, 0.15) is 0 Å². The fraction of sp³-hybridized carbons (Fsp3) is 0.652. The van der Waals surface area contributed by atoms with E-state index in [0.29, 0.717) is 19.6 Å². The lowest BCUT2D eigenvalue weighted by molar-refractivity contribution is -0.128. The van der Waals surface area contributed by atoms with E-state index in [1.54, 1.807) is 0 Å². The second-order valence-corrected chi connectivity index (χ2v) is 8.78. The van der Waals surface area contributed by atoms with Crippen molar-refractivity contribution in [2.75, 3.05) is 32.7 Å². The molecular weight excluding hydrogens is 362 g/mol. The molecule has 0 atom stereocenters. The molecule has 0 saturated carbocycles. The molecule has 0 aromatic heterocycles. The van der Waals surface area contributed by atoms with Gasteiger partial charge in [-0.25, -0.2) is 4.99 Å². The third kappa shape index (κ3) is 8.86. The van der Waals surface area contributed by atoms with Gasteiger partial charge in [-0.3, -0.25) is 9.69 Å². The van der Waals surface area contributed by atoms with Gasteiger partial charge >= 0.3 is 0 Å². The number of nitrogens with one attached hydrogen (secondary N) is 3. The molecule has 1 saturated heterocycles. The summed E-state index contributed by atoms with van der Waals surface area (Å²) in [6.45, 7) is 13.9. The number of hydrogen-bond donors (Lipinski definition) is 3. The van der Waals surface area contributed by atoms with Crippen molar-refractivity contribution in [3.8, 4) is 0 Å². The molecule has 1 heterocycles. The van der Waals surface area contributed by atoms with Crippen LogP contribution in [0.3, 0.4) is 0 Å². The Hall–Kier alpha value is -2.08. The van der Waals surface area contributed by atoms with Crippen LogP contribution in [-0.4, -0.2) is 49.5 Å². The maximum absolute atomic E-state index is 11.9. The van der Waals surface area contributed by atoms with Gasteiger partial charge in [-0.2, -0.15) is 0 Å². The number of nitrogens with zero attached hydrogens (tertiary/aromatic N) is 2. The first-order valence-corrected chi connectivity index (χ1v) is 11.0. The lowest BCUT2D eigenvalue weighted by Crippen LogP contribution is -2.43. The van der Waals surface area contributed by atoms with Crippen molar-refractivity contribution >= 4 is 11.9 Å².